The summed E-state index contributed by atoms with van der Waals surface area (Å²) < 4.78 is 57.3. The summed E-state index contributed by atoms with van der Waals surface area (Å²) in [6, 6.07) is 15.5. The number of ether oxygens (including phenoxy) is 2. The third-order valence-corrected chi connectivity index (χ3v) is 5.26. The molecule has 0 saturated heterocycles. The number of carbonyl (C=O) groups excluding carboxylic acids is 1. The van der Waals surface area contributed by atoms with Crippen molar-refractivity contribution in [3.63, 3.8) is 0 Å². The fourth-order valence-corrected chi connectivity index (χ4v) is 3.33. The van der Waals surface area contributed by atoms with Crippen molar-refractivity contribution in [2.45, 2.75) is 6.18 Å². The number of hydrogen-bond donors (Lipinski definition) is 0. The van der Waals surface area contributed by atoms with Gasteiger partial charge in [0.25, 0.3) is 5.76 Å². The predicted molar refractivity (Wildman–Crippen MR) is 118 cm³/mol. The lowest BCUT2D eigenvalue weighted by Crippen LogP contribution is -2.15. The zero-order chi connectivity index (χ0) is 23.8. The molecule has 0 spiro atoms. The van der Waals surface area contributed by atoms with Crippen molar-refractivity contribution in [2.24, 2.45) is 0 Å². The van der Waals surface area contributed by atoms with E-state index in [1.807, 2.05) is 0 Å². The maximum Gasteiger partial charge on any atom is 0.453 e. The zero-order valence-corrected chi connectivity index (χ0v) is 18.6. The van der Waals surface area contributed by atoms with Gasteiger partial charge in [-0.05, 0) is 48.5 Å². The molecular weight excluding hydrogens is 529 g/mol. The van der Waals surface area contributed by atoms with Crippen LogP contribution in [-0.4, -0.2) is 5.97 Å². The van der Waals surface area contributed by atoms with Gasteiger partial charge in [0, 0.05) is 10.5 Å². The molecule has 1 aromatic heterocycles. The third kappa shape index (κ3) is 4.89. The quantitative estimate of drug-likeness (QED) is 0.202. The molecule has 0 aliphatic rings. The number of rotatable bonds is 4. The van der Waals surface area contributed by atoms with Gasteiger partial charge in [-0.3, -0.25) is 4.79 Å². The molecule has 0 saturated carbocycles. The minimum atomic E-state index is -5.05. The molecule has 0 radical (unpaired) electrons. The van der Waals surface area contributed by atoms with E-state index in [-0.39, 0.29) is 27.5 Å². The lowest BCUT2D eigenvalue weighted by Gasteiger charge is -2.14. The first-order valence-corrected chi connectivity index (χ1v) is 10.4. The molecule has 33 heavy (non-hydrogen) atoms. The van der Waals surface area contributed by atoms with E-state index in [1.165, 1.54) is 42.5 Å². The first-order valence-electron chi connectivity index (χ1n) is 9.21. The standard InChI is InChI=1S/C23H11BrClF3O5/c24-13-7-5-12(6-8-13)22(30)31-14-9-10-15-18(11-14)33-21(23(26,27)28)20(19(15)29)32-17-4-2-1-3-16(17)25/h1-11H. The second-order valence-electron chi connectivity index (χ2n) is 6.67. The van der Waals surface area contributed by atoms with Gasteiger partial charge in [0.15, 0.2) is 0 Å². The highest BCUT2D eigenvalue weighted by Crippen LogP contribution is 2.39. The van der Waals surface area contributed by atoms with Crippen molar-refractivity contribution >= 4 is 44.5 Å². The highest BCUT2D eigenvalue weighted by atomic mass is 79.9. The number of carbonyl (C=O) groups is 1. The van der Waals surface area contributed by atoms with Crippen LogP contribution in [0.25, 0.3) is 11.0 Å². The van der Waals surface area contributed by atoms with Crippen LogP contribution in [0.4, 0.5) is 13.2 Å². The molecular formula is C23H11BrClF3O5. The fraction of sp³-hybridized carbons (Fsp3) is 0.0435. The van der Waals surface area contributed by atoms with Gasteiger partial charge in [-0.1, -0.05) is 39.7 Å². The van der Waals surface area contributed by atoms with E-state index in [9.17, 15) is 22.8 Å². The van der Waals surface area contributed by atoms with Crippen molar-refractivity contribution in [1.82, 2.24) is 0 Å². The first kappa shape index (κ1) is 22.9. The van der Waals surface area contributed by atoms with E-state index < -0.39 is 34.7 Å². The summed E-state index contributed by atoms with van der Waals surface area (Å²) in [5.41, 5.74) is -1.27. The normalized spacial score (nSPS) is 11.4. The minimum Gasteiger partial charge on any atom is -0.448 e. The molecule has 4 aromatic rings. The average Bonchev–Trinajstić information content (AvgIpc) is 2.76. The summed E-state index contributed by atoms with van der Waals surface area (Å²) >= 11 is 9.19. The van der Waals surface area contributed by atoms with Crippen LogP contribution < -0.4 is 14.9 Å². The topological polar surface area (TPSA) is 65.7 Å². The Morgan fingerprint density at radius 2 is 1.70 bits per heavy atom. The van der Waals surface area contributed by atoms with Gasteiger partial charge >= 0.3 is 12.1 Å². The average molecular weight is 540 g/mol. The lowest BCUT2D eigenvalue weighted by atomic mass is 10.2. The number of halogens is 5. The van der Waals surface area contributed by atoms with Crippen LogP contribution in [0.1, 0.15) is 16.1 Å². The Morgan fingerprint density at radius 1 is 1.00 bits per heavy atom. The summed E-state index contributed by atoms with van der Waals surface area (Å²) in [6.07, 6.45) is -5.05. The van der Waals surface area contributed by atoms with Gasteiger partial charge in [0.2, 0.25) is 11.2 Å². The van der Waals surface area contributed by atoms with Crippen molar-refractivity contribution in [2.75, 3.05) is 0 Å². The Balaban J connectivity index is 1.76. The van der Waals surface area contributed by atoms with Crippen LogP contribution in [0.3, 0.4) is 0 Å². The second kappa shape index (κ2) is 8.92. The first-order chi connectivity index (χ1) is 15.6. The molecule has 0 N–H and O–H groups in total. The molecule has 0 amide bonds. The third-order valence-electron chi connectivity index (χ3n) is 4.42. The Kier molecular flexibility index (Phi) is 6.18. The summed E-state index contributed by atoms with van der Waals surface area (Å²) in [5.74, 6) is -3.68. The van der Waals surface area contributed by atoms with E-state index in [0.29, 0.717) is 0 Å². The van der Waals surface area contributed by atoms with Gasteiger partial charge in [-0.2, -0.15) is 13.2 Å². The number of hydrogen-bond acceptors (Lipinski definition) is 5. The van der Waals surface area contributed by atoms with E-state index in [2.05, 4.69) is 15.9 Å². The summed E-state index contributed by atoms with van der Waals surface area (Å²) in [6.45, 7) is 0. The van der Waals surface area contributed by atoms with Crippen LogP contribution in [0.15, 0.2) is 80.4 Å². The summed E-state index contributed by atoms with van der Waals surface area (Å²) in [7, 11) is 0. The van der Waals surface area contributed by atoms with Crippen LogP contribution in [0.5, 0.6) is 17.2 Å². The van der Waals surface area contributed by atoms with Crippen molar-refractivity contribution < 1.29 is 31.9 Å². The molecule has 0 unspecified atom stereocenters. The monoisotopic (exact) mass is 538 g/mol. The Bertz CT molecular complexity index is 1410. The number of benzene rings is 3. The Labute approximate surface area is 197 Å². The van der Waals surface area contributed by atoms with Crippen molar-refractivity contribution in [3.05, 3.63) is 97.8 Å². The lowest BCUT2D eigenvalue weighted by molar-refractivity contribution is -0.154. The van der Waals surface area contributed by atoms with E-state index in [1.54, 1.807) is 18.2 Å². The number of fused-ring (bicyclic) bond motifs is 1. The zero-order valence-electron chi connectivity index (χ0n) is 16.3. The largest absolute Gasteiger partial charge is 0.453 e. The molecule has 168 valence electrons. The van der Waals surface area contributed by atoms with Gasteiger partial charge in [-0.25, -0.2) is 4.79 Å². The highest BCUT2D eigenvalue weighted by Gasteiger charge is 2.40. The van der Waals surface area contributed by atoms with Crippen LogP contribution in [0.2, 0.25) is 5.02 Å². The van der Waals surface area contributed by atoms with Crippen molar-refractivity contribution in [3.8, 4) is 17.2 Å². The number of esters is 1. The van der Waals surface area contributed by atoms with E-state index in [0.717, 1.165) is 10.5 Å². The molecule has 0 aliphatic carbocycles. The van der Waals surface area contributed by atoms with Crippen molar-refractivity contribution in [1.29, 1.82) is 0 Å². The maximum atomic E-state index is 13.7. The molecule has 0 bridgehead atoms. The maximum absolute atomic E-state index is 13.7. The predicted octanol–water partition coefficient (Wildman–Crippen LogP) is 7.24. The second-order valence-corrected chi connectivity index (χ2v) is 8.00. The van der Waals surface area contributed by atoms with Crippen LogP contribution in [0, 0.1) is 0 Å². The number of para-hydroxylation sites is 1. The molecule has 0 atom stereocenters. The van der Waals surface area contributed by atoms with E-state index >= 15 is 0 Å². The molecule has 0 aliphatic heterocycles. The summed E-state index contributed by atoms with van der Waals surface area (Å²) in [5, 5.41) is -0.186. The van der Waals surface area contributed by atoms with E-state index in [4.69, 9.17) is 25.5 Å². The smallest absolute Gasteiger partial charge is 0.448 e. The van der Waals surface area contributed by atoms with Gasteiger partial charge < -0.3 is 13.9 Å². The fourth-order valence-electron chi connectivity index (χ4n) is 2.89. The van der Waals surface area contributed by atoms with Gasteiger partial charge in [-0.15, -0.1) is 0 Å². The summed E-state index contributed by atoms with van der Waals surface area (Å²) in [4.78, 5) is 25.2. The molecule has 5 nitrogen and oxygen atoms in total. The molecule has 10 heteroatoms. The number of alkyl halides is 3. The van der Waals surface area contributed by atoms with Crippen LogP contribution >= 0.6 is 27.5 Å². The highest BCUT2D eigenvalue weighted by molar-refractivity contribution is 9.10. The minimum absolute atomic E-state index is 0.0142. The SMILES string of the molecule is O=C(Oc1ccc2c(=O)c(Oc3ccccc3Cl)c(C(F)(F)F)oc2c1)c1ccc(Br)cc1. The van der Waals surface area contributed by atoms with Gasteiger partial charge in [0.1, 0.15) is 17.1 Å². The molecule has 4 rings (SSSR count). The Hall–Kier alpha value is -3.30. The molecule has 3 aromatic carbocycles. The Morgan fingerprint density at radius 3 is 2.36 bits per heavy atom. The van der Waals surface area contributed by atoms with Crippen LogP contribution in [-0.2, 0) is 6.18 Å². The van der Waals surface area contributed by atoms with Gasteiger partial charge in [0.05, 0.1) is 16.0 Å². The molecule has 0 fully saturated rings. The molecule has 1 heterocycles.